The highest BCUT2D eigenvalue weighted by atomic mass is 16.5. The third kappa shape index (κ3) is 2.48. The van der Waals surface area contributed by atoms with Crippen LogP contribution in [0, 0.1) is 11.3 Å². The summed E-state index contributed by atoms with van der Waals surface area (Å²) in [5.41, 5.74) is 1.59. The molecule has 1 heterocycles. The summed E-state index contributed by atoms with van der Waals surface area (Å²) < 4.78 is 10.7. The number of furan rings is 1. The molecule has 2 aromatic rings. The molecule has 1 aromatic carbocycles. The van der Waals surface area contributed by atoms with Gasteiger partial charge in [0, 0.05) is 12.1 Å². The van der Waals surface area contributed by atoms with Crippen LogP contribution in [0.25, 0.3) is 0 Å². The molecule has 1 aliphatic carbocycles. The number of anilines is 1. The molecule has 0 spiro atoms. The molecule has 0 atom stereocenters. The number of nitriles is 1. The quantitative estimate of drug-likeness (QED) is 0.834. The minimum absolute atomic E-state index is 0.485. The van der Waals surface area contributed by atoms with E-state index in [-0.39, 0.29) is 0 Å². The molecule has 4 heteroatoms. The zero-order chi connectivity index (χ0) is 13.9. The van der Waals surface area contributed by atoms with E-state index in [4.69, 9.17) is 9.15 Å². The van der Waals surface area contributed by atoms with Crippen molar-refractivity contribution < 1.29 is 9.15 Å². The summed E-state index contributed by atoms with van der Waals surface area (Å²) in [6.45, 7) is 0.680. The minimum atomic E-state index is 0.485. The lowest BCUT2D eigenvalue weighted by atomic mass is 10.1. The lowest BCUT2D eigenvalue weighted by Crippen LogP contribution is -2.25. The normalized spacial score (nSPS) is 13.8. The van der Waals surface area contributed by atoms with Crippen molar-refractivity contribution >= 4 is 5.69 Å². The van der Waals surface area contributed by atoms with Crippen molar-refractivity contribution in [2.24, 2.45) is 0 Å². The monoisotopic (exact) mass is 268 g/mol. The summed E-state index contributed by atoms with van der Waals surface area (Å²) in [7, 11) is 1.64. The van der Waals surface area contributed by atoms with E-state index in [0.717, 1.165) is 30.0 Å². The Morgan fingerprint density at radius 3 is 2.85 bits per heavy atom. The summed E-state index contributed by atoms with van der Waals surface area (Å²) in [6.07, 6.45) is 3.99. The van der Waals surface area contributed by atoms with Crippen molar-refractivity contribution in [3.8, 4) is 11.8 Å². The zero-order valence-electron chi connectivity index (χ0n) is 11.4. The van der Waals surface area contributed by atoms with E-state index in [9.17, 15) is 5.26 Å². The second kappa shape index (κ2) is 5.30. The second-order valence-corrected chi connectivity index (χ2v) is 4.93. The standard InChI is InChI=1S/C16H16N2O2/c1-19-14-7-4-12(10-17)16(9-14)18(13-5-6-13)11-15-3-2-8-20-15/h2-4,7-9,13H,5-6,11H2,1H3. The van der Waals surface area contributed by atoms with E-state index in [2.05, 4.69) is 11.0 Å². The average Bonchev–Trinajstić information content (AvgIpc) is 3.20. The Morgan fingerprint density at radius 1 is 1.40 bits per heavy atom. The van der Waals surface area contributed by atoms with Gasteiger partial charge >= 0.3 is 0 Å². The van der Waals surface area contributed by atoms with Gasteiger partial charge < -0.3 is 14.1 Å². The van der Waals surface area contributed by atoms with Gasteiger partial charge in [-0.25, -0.2) is 0 Å². The van der Waals surface area contributed by atoms with Crippen LogP contribution in [0.1, 0.15) is 24.2 Å². The smallest absolute Gasteiger partial charge is 0.123 e. The van der Waals surface area contributed by atoms with Crippen LogP contribution in [-0.2, 0) is 6.54 Å². The van der Waals surface area contributed by atoms with Crippen molar-refractivity contribution in [1.29, 1.82) is 5.26 Å². The van der Waals surface area contributed by atoms with Crippen LogP contribution in [0.4, 0.5) is 5.69 Å². The maximum Gasteiger partial charge on any atom is 0.123 e. The predicted molar refractivity (Wildman–Crippen MR) is 75.6 cm³/mol. The summed E-state index contributed by atoms with van der Waals surface area (Å²) >= 11 is 0. The Labute approximate surface area is 118 Å². The van der Waals surface area contributed by atoms with Gasteiger partial charge in [-0.3, -0.25) is 0 Å². The fourth-order valence-electron chi connectivity index (χ4n) is 2.34. The molecule has 0 amide bonds. The van der Waals surface area contributed by atoms with Gasteiger partial charge in [-0.1, -0.05) is 0 Å². The van der Waals surface area contributed by atoms with Gasteiger partial charge in [-0.05, 0) is 37.1 Å². The van der Waals surface area contributed by atoms with Crippen LogP contribution in [-0.4, -0.2) is 13.2 Å². The van der Waals surface area contributed by atoms with Crippen LogP contribution < -0.4 is 9.64 Å². The van der Waals surface area contributed by atoms with Gasteiger partial charge in [0.2, 0.25) is 0 Å². The van der Waals surface area contributed by atoms with Crippen LogP contribution in [0.15, 0.2) is 41.0 Å². The summed E-state index contributed by atoms with van der Waals surface area (Å²) in [4.78, 5) is 2.24. The molecule has 0 N–H and O–H groups in total. The molecule has 20 heavy (non-hydrogen) atoms. The Hall–Kier alpha value is -2.41. The first-order valence-corrected chi connectivity index (χ1v) is 6.69. The summed E-state index contributed by atoms with van der Waals surface area (Å²) in [5.74, 6) is 1.67. The van der Waals surface area contributed by atoms with Crippen molar-refractivity contribution in [2.75, 3.05) is 12.0 Å². The third-order valence-corrected chi connectivity index (χ3v) is 3.53. The highest BCUT2D eigenvalue weighted by Crippen LogP contribution is 2.36. The Kier molecular flexibility index (Phi) is 3.34. The molecule has 1 aliphatic rings. The fraction of sp³-hybridized carbons (Fsp3) is 0.312. The second-order valence-electron chi connectivity index (χ2n) is 4.93. The number of benzene rings is 1. The van der Waals surface area contributed by atoms with Gasteiger partial charge in [0.05, 0.1) is 31.2 Å². The molecule has 0 unspecified atom stereocenters. The molecule has 0 radical (unpaired) electrons. The van der Waals surface area contributed by atoms with Crippen LogP contribution in [0.3, 0.4) is 0 Å². The van der Waals surface area contributed by atoms with Gasteiger partial charge in [0.1, 0.15) is 17.6 Å². The summed E-state index contributed by atoms with van der Waals surface area (Å²) in [5, 5.41) is 9.32. The van der Waals surface area contributed by atoms with Crippen molar-refractivity contribution in [2.45, 2.75) is 25.4 Å². The molecule has 1 aromatic heterocycles. The molecule has 3 rings (SSSR count). The van der Waals surface area contributed by atoms with E-state index < -0.39 is 0 Å². The molecular formula is C16H16N2O2. The Balaban J connectivity index is 1.96. The first-order valence-electron chi connectivity index (χ1n) is 6.69. The number of nitrogens with zero attached hydrogens (tertiary/aromatic N) is 2. The van der Waals surface area contributed by atoms with Crippen molar-refractivity contribution in [1.82, 2.24) is 0 Å². The third-order valence-electron chi connectivity index (χ3n) is 3.53. The van der Waals surface area contributed by atoms with E-state index in [1.807, 2.05) is 30.3 Å². The molecule has 0 saturated heterocycles. The topological polar surface area (TPSA) is 49.4 Å². The Morgan fingerprint density at radius 2 is 2.25 bits per heavy atom. The summed E-state index contributed by atoms with van der Waals surface area (Å²) in [6, 6.07) is 12.2. The SMILES string of the molecule is COc1ccc(C#N)c(N(Cc2ccco2)C2CC2)c1. The van der Waals surface area contributed by atoms with Gasteiger partial charge in [-0.2, -0.15) is 5.26 Å². The van der Waals surface area contributed by atoms with E-state index in [0.29, 0.717) is 18.2 Å². The first-order chi connectivity index (χ1) is 9.81. The van der Waals surface area contributed by atoms with Gasteiger partial charge in [0.15, 0.2) is 0 Å². The minimum Gasteiger partial charge on any atom is -0.497 e. The maximum atomic E-state index is 9.32. The lowest BCUT2D eigenvalue weighted by molar-refractivity contribution is 0.414. The van der Waals surface area contributed by atoms with Crippen molar-refractivity contribution in [3.05, 3.63) is 47.9 Å². The zero-order valence-corrected chi connectivity index (χ0v) is 11.4. The van der Waals surface area contributed by atoms with Crippen LogP contribution >= 0.6 is 0 Å². The number of hydrogen-bond donors (Lipinski definition) is 0. The van der Waals surface area contributed by atoms with E-state index in [1.165, 1.54) is 0 Å². The lowest BCUT2D eigenvalue weighted by Gasteiger charge is -2.25. The highest BCUT2D eigenvalue weighted by Gasteiger charge is 2.31. The van der Waals surface area contributed by atoms with Crippen molar-refractivity contribution in [3.63, 3.8) is 0 Å². The highest BCUT2D eigenvalue weighted by molar-refractivity contribution is 5.63. The number of rotatable bonds is 5. The van der Waals surface area contributed by atoms with Gasteiger partial charge in [-0.15, -0.1) is 0 Å². The fourth-order valence-corrected chi connectivity index (χ4v) is 2.34. The van der Waals surface area contributed by atoms with Gasteiger partial charge in [0.25, 0.3) is 0 Å². The molecule has 1 saturated carbocycles. The molecule has 4 nitrogen and oxygen atoms in total. The molecular weight excluding hydrogens is 252 g/mol. The van der Waals surface area contributed by atoms with E-state index >= 15 is 0 Å². The number of methoxy groups -OCH3 is 1. The first kappa shape index (κ1) is 12.6. The largest absolute Gasteiger partial charge is 0.497 e. The molecule has 0 aliphatic heterocycles. The Bertz CT molecular complexity index is 624. The van der Waals surface area contributed by atoms with Crippen LogP contribution in [0.2, 0.25) is 0 Å². The number of ether oxygens (including phenoxy) is 1. The average molecular weight is 268 g/mol. The molecule has 0 bridgehead atoms. The number of hydrogen-bond acceptors (Lipinski definition) is 4. The molecule has 1 fully saturated rings. The maximum absolute atomic E-state index is 9.32. The van der Waals surface area contributed by atoms with Crippen LogP contribution in [0.5, 0.6) is 5.75 Å². The molecule has 102 valence electrons. The predicted octanol–water partition coefficient (Wildman–Crippen LogP) is 3.33. The van der Waals surface area contributed by atoms with E-state index in [1.54, 1.807) is 13.4 Å².